The van der Waals surface area contributed by atoms with Gasteiger partial charge in [0.15, 0.2) is 5.13 Å². The summed E-state index contributed by atoms with van der Waals surface area (Å²) < 4.78 is 31.8. The van der Waals surface area contributed by atoms with Gasteiger partial charge < -0.3 is 9.84 Å². The summed E-state index contributed by atoms with van der Waals surface area (Å²) in [6.07, 6.45) is 1.51. The first-order valence-corrected chi connectivity index (χ1v) is 7.63. The van der Waals surface area contributed by atoms with E-state index in [0.29, 0.717) is 5.56 Å². The lowest BCUT2D eigenvalue weighted by Crippen LogP contribution is -2.14. The topological polar surface area (TPSA) is 88.5 Å². The molecule has 0 atom stereocenters. The Kier molecular flexibility index (Phi) is 4.03. The van der Waals surface area contributed by atoms with Gasteiger partial charge in [0.2, 0.25) is 0 Å². The number of benzene rings is 1. The molecule has 19 heavy (non-hydrogen) atoms. The number of thiazole rings is 1. The fourth-order valence-electron chi connectivity index (χ4n) is 1.48. The first-order valence-electron chi connectivity index (χ1n) is 5.27. The second kappa shape index (κ2) is 5.55. The Labute approximate surface area is 114 Å². The molecule has 0 spiro atoms. The summed E-state index contributed by atoms with van der Waals surface area (Å²) in [5, 5.41) is 11.0. The van der Waals surface area contributed by atoms with E-state index in [1.165, 1.54) is 42.8 Å². The third kappa shape index (κ3) is 3.03. The number of aliphatic hydroxyl groups excluding tert-OH is 1. The number of aromatic nitrogens is 1. The maximum Gasteiger partial charge on any atom is 0.267 e. The van der Waals surface area contributed by atoms with Crippen LogP contribution >= 0.6 is 11.3 Å². The monoisotopic (exact) mass is 300 g/mol. The van der Waals surface area contributed by atoms with Crippen molar-refractivity contribution in [1.29, 1.82) is 0 Å². The lowest BCUT2D eigenvalue weighted by atomic mass is 10.2. The third-order valence-corrected chi connectivity index (χ3v) is 4.55. The van der Waals surface area contributed by atoms with Gasteiger partial charge in [0, 0.05) is 11.6 Å². The highest BCUT2D eigenvalue weighted by atomic mass is 32.2. The molecule has 0 aliphatic carbocycles. The van der Waals surface area contributed by atoms with Crippen molar-refractivity contribution in [3.8, 4) is 5.75 Å². The molecule has 0 saturated heterocycles. The highest BCUT2D eigenvalue weighted by Gasteiger charge is 2.20. The SMILES string of the molecule is COc1cc(CO)ccc1S(=O)(=O)Nc1nccs1. The number of nitrogens with one attached hydrogen (secondary N) is 1. The van der Waals surface area contributed by atoms with Gasteiger partial charge in [0.05, 0.1) is 13.7 Å². The van der Waals surface area contributed by atoms with Crippen molar-refractivity contribution in [2.45, 2.75) is 11.5 Å². The number of hydrogen-bond acceptors (Lipinski definition) is 6. The lowest BCUT2D eigenvalue weighted by molar-refractivity contribution is 0.280. The van der Waals surface area contributed by atoms with Crippen LogP contribution in [0.15, 0.2) is 34.7 Å². The predicted molar refractivity (Wildman–Crippen MR) is 71.8 cm³/mol. The van der Waals surface area contributed by atoms with Crippen molar-refractivity contribution in [3.63, 3.8) is 0 Å². The summed E-state index contributed by atoms with van der Waals surface area (Å²) in [5.41, 5.74) is 0.574. The van der Waals surface area contributed by atoms with Gasteiger partial charge in [-0.2, -0.15) is 0 Å². The molecule has 6 nitrogen and oxygen atoms in total. The molecular weight excluding hydrogens is 288 g/mol. The van der Waals surface area contributed by atoms with Gasteiger partial charge >= 0.3 is 0 Å². The second-order valence-electron chi connectivity index (χ2n) is 3.59. The number of anilines is 1. The maximum atomic E-state index is 12.2. The van der Waals surface area contributed by atoms with Crippen LogP contribution in [-0.4, -0.2) is 25.6 Å². The minimum Gasteiger partial charge on any atom is -0.495 e. The van der Waals surface area contributed by atoms with Crippen molar-refractivity contribution in [2.24, 2.45) is 0 Å². The zero-order valence-corrected chi connectivity index (χ0v) is 11.7. The maximum absolute atomic E-state index is 12.2. The molecule has 0 bridgehead atoms. The van der Waals surface area contributed by atoms with Crippen LogP contribution in [0.1, 0.15) is 5.56 Å². The zero-order valence-electron chi connectivity index (χ0n) is 10.0. The normalized spacial score (nSPS) is 11.3. The van der Waals surface area contributed by atoms with Crippen LogP contribution in [0.25, 0.3) is 0 Å². The minimum atomic E-state index is -3.76. The number of rotatable bonds is 5. The summed E-state index contributed by atoms with van der Waals surface area (Å²) in [4.78, 5) is 3.87. The Morgan fingerprint density at radius 3 is 2.84 bits per heavy atom. The van der Waals surface area contributed by atoms with Gasteiger partial charge in [-0.05, 0) is 17.7 Å². The Morgan fingerprint density at radius 2 is 2.26 bits per heavy atom. The smallest absolute Gasteiger partial charge is 0.267 e. The molecule has 1 aromatic heterocycles. The van der Waals surface area contributed by atoms with Crippen LogP contribution in [-0.2, 0) is 16.6 Å². The molecule has 0 radical (unpaired) electrons. The van der Waals surface area contributed by atoms with Gasteiger partial charge in [-0.15, -0.1) is 11.3 Å². The minimum absolute atomic E-state index is 0.00222. The highest BCUT2D eigenvalue weighted by molar-refractivity contribution is 7.93. The molecule has 2 aromatic rings. The van der Waals surface area contributed by atoms with Crippen molar-refractivity contribution in [3.05, 3.63) is 35.3 Å². The Bertz CT molecular complexity index is 653. The highest BCUT2D eigenvalue weighted by Crippen LogP contribution is 2.27. The molecule has 2 rings (SSSR count). The predicted octanol–water partition coefficient (Wildman–Crippen LogP) is 1.44. The molecule has 102 valence electrons. The standard InChI is InChI=1S/C11H12N2O4S2/c1-17-9-6-8(7-14)2-3-10(9)19(15,16)13-11-12-4-5-18-11/h2-6,14H,7H2,1H3,(H,12,13). The average Bonchev–Trinajstić information content (AvgIpc) is 2.89. The van der Waals surface area contributed by atoms with E-state index in [4.69, 9.17) is 9.84 Å². The van der Waals surface area contributed by atoms with E-state index >= 15 is 0 Å². The molecule has 0 aliphatic rings. The van der Waals surface area contributed by atoms with Gasteiger partial charge in [0.25, 0.3) is 10.0 Å². The first kappa shape index (κ1) is 13.8. The van der Waals surface area contributed by atoms with Crippen molar-refractivity contribution in [2.75, 3.05) is 11.8 Å². The van der Waals surface area contributed by atoms with E-state index in [-0.39, 0.29) is 22.4 Å². The van der Waals surface area contributed by atoms with E-state index < -0.39 is 10.0 Å². The molecule has 1 heterocycles. The Morgan fingerprint density at radius 1 is 1.47 bits per heavy atom. The fraction of sp³-hybridized carbons (Fsp3) is 0.182. The molecule has 0 unspecified atom stereocenters. The number of ether oxygens (including phenoxy) is 1. The van der Waals surface area contributed by atoms with E-state index in [0.717, 1.165) is 0 Å². The summed E-state index contributed by atoms with van der Waals surface area (Å²) in [5.74, 6) is 0.176. The Hall–Kier alpha value is -1.64. The van der Waals surface area contributed by atoms with E-state index in [9.17, 15) is 8.42 Å². The van der Waals surface area contributed by atoms with Crippen LogP contribution in [0, 0.1) is 0 Å². The second-order valence-corrected chi connectivity index (χ2v) is 6.13. The molecule has 0 aliphatic heterocycles. The molecule has 0 fully saturated rings. The fourth-order valence-corrected chi connectivity index (χ4v) is 3.42. The summed E-state index contributed by atoms with van der Waals surface area (Å²) in [7, 11) is -2.39. The number of aliphatic hydroxyl groups is 1. The number of methoxy groups -OCH3 is 1. The van der Waals surface area contributed by atoms with Crippen LogP contribution in [0.4, 0.5) is 5.13 Å². The number of nitrogens with zero attached hydrogens (tertiary/aromatic N) is 1. The van der Waals surface area contributed by atoms with Crippen LogP contribution < -0.4 is 9.46 Å². The van der Waals surface area contributed by atoms with Crippen LogP contribution in [0.5, 0.6) is 5.75 Å². The molecule has 0 saturated carbocycles. The molecule has 2 N–H and O–H groups in total. The molecular formula is C11H12N2O4S2. The van der Waals surface area contributed by atoms with Crippen LogP contribution in [0.3, 0.4) is 0 Å². The summed E-state index contributed by atoms with van der Waals surface area (Å²) in [6.45, 7) is -0.184. The average molecular weight is 300 g/mol. The van der Waals surface area contributed by atoms with Gasteiger partial charge in [-0.1, -0.05) is 6.07 Å². The quantitative estimate of drug-likeness (QED) is 0.872. The summed E-state index contributed by atoms with van der Waals surface area (Å²) in [6, 6.07) is 4.40. The third-order valence-electron chi connectivity index (χ3n) is 2.35. The zero-order chi connectivity index (χ0) is 13.9. The molecule has 8 heteroatoms. The number of hydrogen-bond donors (Lipinski definition) is 2. The summed E-state index contributed by atoms with van der Waals surface area (Å²) >= 11 is 1.18. The van der Waals surface area contributed by atoms with Gasteiger partial charge in [-0.25, -0.2) is 13.4 Å². The van der Waals surface area contributed by atoms with Gasteiger partial charge in [0.1, 0.15) is 10.6 Å². The molecule has 1 aromatic carbocycles. The van der Waals surface area contributed by atoms with Crippen LogP contribution in [0.2, 0.25) is 0 Å². The van der Waals surface area contributed by atoms with E-state index in [2.05, 4.69) is 9.71 Å². The Balaban J connectivity index is 2.40. The van der Waals surface area contributed by atoms with Gasteiger partial charge in [-0.3, -0.25) is 4.72 Å². The van der Waals surface area contributed by atoms with Crippen molar-refractivity contribution in [1.82, 2.24) is 4.98 Å². The largest absolute Gasteiger partial charge is 0.495 e. The van der Waals surface area contributed by atoms with E-state index in [1.807, 2.05) is 0 Å². The lowest BCUT2D eigenvalue weighted by Gasteiger charge is -2.11. The van der Waals surface area contributed by atoms with Crippen molar-refractivity contribution < 1.29 is 18.3 Å². The van der Waals surface area contributed by atoms with E-state index in [1.54, 1.807) is 5.38 Å². The molecule has 0 amide bonds. The van der Waals surface area contributed by atoms with Crippen molar-refractivity contribution >= 4 is 26.5 Å². The first-order chi connectivity index (χ1) is 9.06. The number of sulfonamides is 1.